The number of benzene rings is 1. The number of anilines is 1. The zero-order valence-electron chi connectivity index (χ0n) is 8.08. The Morgan fingerprint density at radius 2 is 2.13 bits per heavy atom. The van der Waals surface area contributed by atoms with Gasteiger partial charge < -0.3 is 5.32 Å². The zero-order valence-corrected chi connectivity index (χ0v) is 9.67. The lowest BCUT2D eigenvalue weighted by Crippen LogP contribution is -2.30. The number of carbonyl (C=O) groups excluding carboxylic acids is 2. The summed E-state index contributed by atoms with van der Waals surface area (Å²) >= 11 is 3.36. The van der Waals surface area contributed by atoms with Gasteiger partial charge in [0.2, 0.25) is 0 Å². The number of nitrogens with zero attached hydrogens (tertiary/aromatic N) is 1. The number of nitrogens with one attached hydrogen (secondary N) is 1. The highest BCUT2D eigenvalue weighted by atomic mass is 79.9. The van der Waals surface area contributed by atoms with Crippen LogP contribution in [0.4, 0.5) is 10.5 Å². The van der Waals surface area contributed by atoms with Crippen LogP contribution in [0.1, 0.15) is 5.56 Å². The van der Waals surface area contributed by atoms with Crippen molar-refractivity contribution in [2.75, 3.05) is 11.4 Å². The molecule has 1 aromatic carbocycles. The third-order valence-corrected chi connectivity index (χ3v) is 3.11. The van der Waals surface area contributed by atoms with Crippen molar-refractivity contribution in [3.8, 4) is 0 Å². The molecule has 1 aromatic rings. The highest BCUT2D eigenvalue weighted by Crippen LogP contribution is 2.24. The van der Waals surface area contributed by atoms with Gasteiger partial charge >= 0.3 is 6.03 Å². The molecular weight excluding hydrogens is 260 g/mol. The molecule has 0 unspecified atom stereocenters. The average Bonchev–Trinajstić information content (AvgIpc) is 2.52. The third kappa shape index (κ3) is 1.74. The molecule has 1 aliphatic heterocycles. The van der Waals surface area contributed by atoms with Crippen molar-refractivity contribution in [3.05, 3.63) is 28.2 Å². The van der Waals surface area contributed by atoms with Crippen molar-refractivity contribution in [1.82, 2.24) is 5.32 Å². The predicted octanol–water partition coefficient (Wildman–Crippen LogP) is 1.81. The van der Waals surface area contributed by atoms with Crippen LogP contribution in [0.3, 0.4) is 0 Å². The molecule has 0 bridgehead atoms. The van der Waals surface area contributed by atoms with E-state index in [9.17, 15) is 9.59 Å². The molecule has 15 heavy (non-hydrogen) atoms. The lowest BCUT2D eigenvalue weighted by Gasteiger charge is -2.13. The zero-order chi connectivity index (χ0) is 11.0. The minimum Gasteiger partial charge on any atom is -0.328 e. The van der Waals surface area contributed by atoms with Gasteiger partial charge in [0.1, 0.15) is 0 Å². The molecule has 0 aliphatic carbocycles. The highest BCUT2D eigenvalue weighted by molar-refractivity contribution is 9.10. The van der Waals surface area contributed by atoms with Crippen molar-refractivity contribution in [3.63, 3.8) is 0 Å². The molecule has 1 heterocycles. The number of aryl methyl sites for hydroxylation is 1. The van der Waals surface area contributed by atoms with E-state index in [1.807, 2.05) is 13.0 Å². The number of urea groups is 1. The van der Waals surface area contributed by atoms with Crippen LogP contribution in [0.2, 0.25) is 0 Å². The summed E-state index contributed by atoms with van der Waals surface area (Å²) < 4.78 is 0.882. The first kappa shape index (κ1) is 10.2. The lowest BCUT2D eigenvalue weighted by atomic mass is 10.2. The van der Waals surface area contributed by atoms with Gasteiger partial charge in [-0.2, -0.15) is 0 Å². The quantitative estimate of drug-likeness (QED) is 0.790. The molecule has 2 rings (SSSR count). The van der Waals surface area contributed by atoms with Crippen molar-refractivity contribution in [2.45, 2.75) is 6.92 Å². The molecular formula is C10H9BrN2O2. The largest absolute Gasteiger partial charge is 0.329 e. The number of imide groups is 1. The molecule has 0 saturated carbocycles. The Morgan fingerprint density at radius 1 is 1.40 bits per heavy atom. The second kappa shape index (κ2) is 3.66. The summed E-state index contributed by atoms with van der Waals surface area (Å²) in [6, 6.07) is 5.01. The Hall–Kier alpha value is -1.36. The number of rotatable bonds is 1. The molecule has 1 fully saturated rings. The minimum absolute atomic E-state index is 0.0737. The Labute approximate surface area is 95.4 Å². The van der Waals surface area contributed by atoms with Crippen LogP contribution in [0, 0.1) is 6.92 Å². The first-order chi connectivity index (χ1) is 7.09. The van der Waals surface area contributed by atoms with E-state index < -0.39 is 0 Å². The highest BCUT2D eigenvalue weighted by Gasteiger charge is 2.29. The summed E-state index contributed by atoms with van der Waals surface area (Å²) in [5.41, 5.74) is 1.65. The number of halogens is 1. The monoisotopic (exact) mass is 268 g/mol. The molecule has 0 aromatic heterocycles. The molecule has 0 atom stereocenters. The van der Waals surface area contributed by atoms with Crippen molar-refractivity contribution in [2.24, 2.45) is 0 Å². The molecule has 1 saturated heterocycles. The SMILES string of the molecule is Cc1ccc(N2C(=O)CNC2=O)cc1Br. The summed E-state index contributed by atoms with van der Waals surface area (Å²) in [4.78, 5) is 23.9. The van der Waals surface area contributed by atoms with Gasteiger partial charge in [-0.15, -0.1) is 0 Å². The van der Waals surface area contributed by atoms with Gasteiger partial charge in [0.15, 0.2) is 0 Å². The number of carbonyl (C=O) groups is 2. The van der Waals surface area contributed by atoms with E-state index >= 15 is 0 Å². The van der Waals surface area contributed by atoms with Crippen LogP contribution in [0.25, 0.3) is 0 Å². The van der Waals surface area contributed by atoms with Crippen molar-refractivity contribution >= 4 is 33.6 Å². The fraction of sp³-hybridized carbons (Fsp3) is 0.200. The molecule has 1 N–H and O–H groups in total. The second-order valence-electron chi connectivity index (χ2n) is 3.32. The Bertz CT molecular complexity index is 429. The first-order valence-corrected chi connectivity index (χ1v) is 5.26. The van der Waals surface area contributed by atoms with E-state index in [0.717, 1.165) is 14.9 Å². The van der Waals surface area contributed by atoms with Gasteiger partial charge in [-0.1, -0.05) is 22.0 Å². The average molecular weight is 269 g/mol. The molecule has 0 radical (unpaired) electrons. The number of hydrogen-bond acceptors (Lipinski definition) is 2. The van der Waals surface area contributed by atoms with E-state index in [0.29, 0.717) is 5.69 Å². The third-order valence-electron chi connectivity index (χ3n) is 2.26. The van der Waals surface area contributed by atoms with Gasteiger partial charge in [-0.05, 0) is 24.6 Å². The fourth-order valence-electron chi connectivity index (χ4n) is 1.40. The topological polar surface area (TPSA) is 49.4 Å². The maximum absolute atomic E-state index is 11.4. The smallest absolute Gasteiger partial charge is 0.328 e. The molecule has 3 amide bonds. The van der Waals surface area contributed by atoms with E-state index in [1.165, 1.54) is 0 Å². The predicted molar refractivity (Wildman–Crippen MR) is 59.8 cm³/mol. The summed E-state index contributed by atoms with van der Waals surface area (Å²) in [6.45, 7) is 2.02. The van der Waals surface area contributed by atoms with Crippen molar-refractivity contribution < 1.29 is 9.59 Å². The molecule has 0 spiro atoms. The van der Waals surface area contributed by atoms with Crippen LogP contribution < -0.4 is 10.2 Å². The summed E-state index contributed by atoms with van der Waals surface area (Å²) in [7, 11) is 0. The van der Waals surface area contributed by atoms with Gasteiger partial charge in [-0.25, -0.2) is 9.69 Å². The van der Waals surface area contributed by atoms with Gasteiger partial charge in [0, 0.05) is 4.47 Å². The van der Waals surface area contributed by atoms with Crippen LogP contribution in [0.15, 0.2) is 22.7 Å². The lowest BCUT2D eigenvalue weighted by molar-refractivity contribution is -0.115. The number of amides is 3. The first-order valence-electron chi connectivity index (χ1n) is 4.46. The molecule has 5 heteroatoms. The molecule has 78 valence electrons. The maximum atomic E-state index is 11.4. The summed E-state index contributed by atoms with van der Waals surface area (Å²) in [5, 5.41) is 2.47. The normalized spacial score (nSPS) is 15.7. The molecule has 4 nitrogen and oxygen atoms in total. The van der Waals surface area contributed by atoms with E-state index in [4.69, 9.17) is 0 Å². The summed E-state index contributed by atoms with van der Waals surface area (Å²) in [5.74, 6) is -0.226. The van der Waals surface area contributed by atoms with Gasteiger partial charge in [-0.3, -0.25) is 4.79 Å². The van der Waals surface area contributed by atoms with Crippen LogP contribution in [0.5, 0.6) is 0 Å². The fourth-order valence-corrected chi connectivity index (χ4v) is 1.77. The Balaban J connectivity index is 2.41. The second-order valence-corrected chi connectivity index (χ2v) is 4.18. The maximum Gasteiger partial charge on any atom is 0.329 e. The Morgan fingerprint density at radius 3 is 2.67 bits per heavy atom. The van der Waals surface area contributed by atoms with Crippen molar-refractivity contribution in [1.29, 1.82) is 0 Å². The van der Waals surface area contributed by atoms with Crippen LogP contribution in [-0.2, 0) is 4.79 Å². The number of hydrogen-bond donors (Lipinski definition) is 1. The Kier molecular flexibility index (Phi) is 2.48. The minimum atomic E-state index is -0.365. The van der Waals surface area contributed by atoms with E-state index in [-0.39, 0.29) is 18.5 Å². The van der Waals surface area contributed by atoms with Crippen LogP contribution in [-0.4, -0.2) is 18.5 Å². The van der Waals surface area contributed by atoms with E-state index in [2.05, 4.69) is 21.2 Å². The van der Waals surface area contributed by atoms with Gasteiger partial charge in [0.25, 0.3) is 5.91 Å². The van der Waals surface area contributed by atoms with E-state index in [1.54, 1.807) is 12.1 Å². The molecule has 1 aliphatic rings. The standard InChI is InChI=1S/C10H9BrN2O2/c1-6-2-3-7(4-8(6)11)13-9(14)5-12-10(13)15/h2-4H,5H2,1H3,(H,12,15). The summed E-state index contributed by atoms with van der Waals surface area (Å²) in [6.07, 6.45) is 0. The van der Waals surface area contributed by atoms with Crippen LogP contribution >= 0.6 is 15.9 Å². The van der Waals surface area contributed by atoms with Gasteiger partial charge in [0.05, 0.1) is 12.2 Å².